The minimum atomic E-state index is 0.408. The third kappa shape index (κ3) is 3.13. The summed E-state index contributed by atoms with van der Waals surface area (Å²) in [5.41, 5.74) is 0. The van der Waals surface area contributed by atoms with Gasteiger partial charge in [0.15, 0.2) is 0 Å². The lowest BCUT2D eigenvalue weighted by Gasteiger charge is -2.36. The summed E-state index contributed by atoms with van der Waals surface area (Å²) in [4.78, 5) is 0. The number of hydrogen-bond donors (Lipinski definition) is 0. The van der Waals surface area contributed by atoms with Crippen LogP contribution in [-0.4, -0.2) is 4.32 Å². The van der Waals surface area contributed by atoms with Crippen molar-refractivity contribution < 1.29 is 0 Å². The summed E-state index contributed by atoms with van der Waals surface area (Å²) < 4.78 is 0.408. The van der Waals surface area contributed by atoms with Gasteiger partial charge in [0.1, 0.15) is 0 Å². The van der Waals surface area contributed by atoms with E-state index < -0.39 is 0 Å². The summed E-state index contributed by atoms with van der Waals surface area (Å²) in [5.74, 6) is 6.39. The Balaban J connectivity index is 2.26. The van der Waals surface area contributed by atoms with Gasteiger partial charge in [-0.3, -0.25) is 0 Å². The van der Waals surface area contributed by atoms with Crippen LogP contribution >= 0.6 is 15.9 Å². The molecule has 0 aromatic rings. The molecule has 118 valence electrons. The highest BCUT2D eigenvalue weighted by atomic mass is 79.9. The molecule has 2 fully saturated rings. The topological polar surface area (TPSA) is 0 Å². The van der Waals surface area contributed by atoms with E-state index in [0.717, 1.165) is 41.4 Å². The maximum absolute atomic E-state index is 4.18. The third-order valence-corrected chi connectivity index (χ3v) is 8.28. The zero-order chi connectivity index (χ0) is 15.1. The Morgan fingerprint density at radius 1 is 0.900 bits per heavy atom. The molecule has 20 heavy (non-hydrogen) atoms. The number of halogens is 1. The van der Waals surface area contributed by atoms with Crippen LogP contribution in [0.3, 0.4) is 0 Å². The molecule has 0 N–H and O–H groups in total. The Bertz CT molecular complexity index is 320. The average molecular weight is 343 g/mol. The molecule has 0 nitrogen and oxygen atoms in total. The molecule has 0 aliphatic heterocycles. The lowest BCUT2D eigenvalue weighted by molar-refractivity contribution is 0.199. The van der Waals surface area contributed by atoms with E-state index in [2.05, 4.69) is 57.5 Å². The van der Waals surface area contributed by atoms with E-state index in [1.165, 1.54) is 32.1 Å². The van der Waals surface area contributed by atoms with Gasteiger partial charge < -0.3 is 0 Å². The van der Waals surface area contributed by atoms with Gasteiger partial charge in [0, 0.05) is 4.32 Å². The molecule has 5 atom stereocenters. The fourth-order valence-electron chi connectivity index (χ4n) is 5.21. The maximum Gasteiger partial charge on any atom is 0.0283 e. The van der Waals surface area contributed by atoms with E-state index in [4.69, 9.17) is 0 Å². The Morgan fingerprint density at radius 2 is 1.45 bits per heavy atom. The van der Waals surface area contributed by atoms with Crippen molar-refractivity contribution in [1.29, 1.82) is 0 Å². The quantitative estimate of drug-likeness (QED) is 0.511. The van der Waals surface area contributed by atoms with Crippen molar-refractivity contribution in [3.63, 3.8) is 0 Å². The van der Waals surface area contributed by atoms with E-state index in [0.29, 0.717) is 4.32 Å². The molecule has 0 spiro atoms. The largest absolute Gasteiger partial charge is 0.0850 e. The number of alkyl halides is 1. The maximum atomic E-state index is 4.18. The van der Waals surface area contributed by atoms with Gasteiger partial charge in [0.2, 0.25) is 0 Å². The van der Waals surface area contributed by atoms with Crippen molar-refractivity contribution in [2.24, 2.45) is 41.4 Å². The van der Waals surface area contributed by atoms with Crippen LogP contribution in [0.1, 0.15) is 73.6 Å². The molecule has 2 aliphatic carbocycles. The SMILES string of the molecule is CC(C)C1CC(C(C)C)C2CC(Br)(C(C)C)CCCC12. The first kappa shape index (κ1) is 16.8. The van der Waals surface area contributed by atoms with E-state index in [9.17, 15) is 0 Å². The first-order valence-electron chi connectivity index (χ1n) is 8.95. The van der Waals surface area contributed by atoms with Gasteiger partial charge in [0.05, 0.1) is 0 Å². The molecule has 0 bridgehead atoms. The van der Waals surface area contributed by atoms with Crippen LogP contribution < -0.4 is 0 Å². The minimum absolute atomic E-state index is 0.408. The van der Waals surface area contributed by atoms with Crippen LogP contribution in [0, 0.1) is 41.4 Å². The van der Waals surface area contributed by atoms with Crippen molar-refractivity contribution in [1.82, 2.24) is 0 Å². The molecular weight excluding hydrogens is 308 g/mol. The second kappa shape index (κ2) is 6.31. The summed E-state index contributed by atoms with van der Waals surface area (Å²) in [6, 6.07) is 0. The standard InChI is InChI=1S/C19H35Br/c1-12(2)16-10-17(13(3)4)18-11-19(20,14(5)6)9-7-8-15(16)18/h12-18H,7-11H2,1-6H3. The number of fused-ring (bicyclic) bond motifs is 1. The zero-order valence-electron chi connectivity index (χ0n) is 14.5. The normalized spacial score (nSPS) is 42.3. The van der Waals surface area contributed by atoms with Gasteiger partial charge in [-0.25, -0.2) is 0 Å². The highest BCUT2D eigenvalue weighted by Crippen LogP contribution is 2.57. The van der Waals surface area contributed by atoms with Gasteiger partial charge in [-0.05, 0) is 67.1 Å². The van der Waals surface area contributed by atoms with E-state index >= 15 is 0 Å². The van der Waals surface area contributed by atoms with Crippen LogP contribution in [0.5, 0.6) is 0 Å². The highest BCUT2D eigenvalue weighted by molar-refractivity contribution is 9.10. The minimum Gasteiger partial charge on any atom is -0.0850 e. The first-order chi connectivity index (χ1) is 9.26. The molecule has 0 heterocycles. The van der Waals surface area contributed by atoms with Crippen LogP contribution in [-0.2, 0) is 0 Å². The van der Waals surface area contributed by atoms with Crippen LogP contribution in [0.25, 0.3) is 0 Å². The molecule has 2 saturated carbocycles. The van der Waals surface area contributed by atoms with Gasteiger partial charge in [0.25, 0.3) is 0 Å². The Kier molecular flexibility index (Phi) is 5.31. The smallest absolute Gasteiger partial charge is 0.0283 e. The van der Waals surface area contributed by atoms with E-state index in [1.54, 1.807) is 0 Å². The predicted molar refractivity (Wildman–Crippen MR) is 93.2 cm³/mol. The molecule has 0 aromatic carbocycles. The van der Waals surface area contributed by atoms with Crippen molar-refractivity contribution in [2.45, 2.75) is 78.0 Å². The highest BCUT2D eigenvalue weighted by Gasteiger charge is 2.49. The predicted octanol–water partition coefficient (Wildman–Crippen LogP) is 6.53. The van der Waals surface area contributed by atoms with Crippen molar-refractivity contribution in [3.8, 4) is 0 Å². The summed E-state index contributed by atoms with van der Waals surface area (Å²) >= 11 is 4.18. The van der Waals surface area contributed by atoms with Crippen molar-refractivity contribution in [2.75, 3.05) is 0 Å². The Hall–Kier alpha value is 0.480. The molecule has 2 rings (SSSR count). The van der Waals surface area contributed by atoms with Gasteiger partial charge in [-0.1, -0.05) is 63.9 Å². The van der Waals surface area contributed by atoms with Gasteiger partial charge >= 0.3 is 0 Å². The molecule has 0 saturated heterocycles. The number of hydrogen-bond acceptors (Lipinski definition) is 0. The Morgan fingerprint density at radius 3 is 1.95 bits per heavy atom. The fourth-order valence-corrected chi connectivity index (χ4v) is 5.87. The molecule has 5 unspecified atom stereocenters. The lowest BCUT2D eigenvalue weighted by atomic mass is 9.75. The summed E-state index contributed by atoms with van der Waals surface area (Å²) in [7, 11) is 0. The average Bonchev–Trinajstić information content (AvgIpc) is 2.59. The van der Waals surface area contributed by atoms with E-state index in [-0.39, 0.29) is 0 Å². The second-order valence-electron chi connectivity index (χ2n) is 8.66. The van der Waals surface area contributed by atoms with Gasteiger partial charge in [-0.2, -0.15) is 0 Å². The second-order valence-corrected chi connectivity index (χ2v) is 10.2. The number of rotatable bonds is 3. The fraction of sp³-hybridized carbons (Fsp3) is 1.00. The molecule has 0 aromatic heterocycles. The summed E-state index contributed by atoms with van der Waals surface area (Å²) in [6.07, 6.45) is 7.20. The van der Waals surface area contributed by atoms with Crippen LogP contribution in [0.4, 0.5) is 0 Å². The molecular formula is C19H35Br. The summed E-state index contributed by atoms with van der Waals surface area (Å²) in [5, 5.41) is 0. The van der Waals surface area contributed by atoms with Gasteiger partial charge in [-0.15, -0.1) is 0 Å². The molecule has 1 heteroatoms. The first-order valence-corrected chi connectivity index (χ1v) is 9.74. The molecule has 0 radical (unpaired) electrons. The van der Waals surface area contributed by atoms with Crippen molar-refractivity contribution in [3.05, 3.63) is 0 Å². The third-order valence-electron chi connectivity index (χ3n) is 6.65. The lowest BCUT2D eigenvalue weighted by Crippen LogP contribution is -2.32. The zero-order valence-corrected chi connectivity index (χ0v) is 16.0. The molecule has 2 aliphatic rings. The van der Waals surface area contributed by atoms with Crippen LogP contribution in [0.15, 0.2) is 0 Å². The monoisotopic (exact) mass is 342 g/mol. The van der Waals surface area contributed by atoms with Crippen LogP contribution in [0.2, 0.25) is 0 Å². The Labute approximate surface area is 135 Å². The molecule has 0 amide bonds. The van der Waals surface area contributed by atoms with Crippen molar-refractivity contribution >= 4 is 15.9 Å². The van der Waals surface area contributed by atoms with E-state index in [1.807, 2.05) is 0 Å². The summed E-state index contributed by atoms with van der Waals surface area (Å²) in [6.45, 7) is 14.7.